The van der Waals surface area contributed by atoms with Gasteiger partial charge in [-0.05, 0) is 38.4 Å². The molecule has 0 heterocycles. The van der Waals surface area contributed by atoms with Gasteiger partial charge in [-0.1, -0.05) is 76.6 Å². The summed E-state index contributed by atoms with van der Waals surface area (Å²) in [5.74, 6) is 0. The van der Waals surface area contributed by atoms with Crippen molar-refractivity contribution in [2.45, 2.75) is 0 Å². The molecule has 0 spiro atoms. The molecule has 0 N–H and O–H groups in total. The van der Waals surface area contributed by atoms with Crippen LogP contribution < -0.4 is 0 Å². The highest BCUT2D eigenvalue weighted by Gasteiger charge is 2.06. The minimum absolute atomic E-state index is 1.16. The summed E-state index contributed by atoms with van der Waals surface area (Å²) in [6.45, 7) is 0. The van der Waals surface area contributed by atoms with Crippen LogP contribution in [0.15, 0.2) is 71.2 Å². The Balaban J connectivity index is 2.34. The first-order valence-electron chi connectivity index (χ1n) is 6.33. The first kappa shape index (κ1) is 11.0. The zero-order valence-corrected chi connectivity index (χ0v) is 11.8. The Morgan fingerprint density at radius 2 is 1.16 bits per heavy atom. The van der Waals surface area contributed by atoms with Crippen LogP contribution in [0.3, 0.4) is 0 Å². The van der Waals surface area contributed by atoms with Gasteiger partial charge >= 0.3 is 0 Å². The summed E-state index contributed by atoms with van der Waals surface area (Å²) in [6, 6.07) is 23.8. The molecule has 0 unspecified atom stereocenters. The van der Waals surface area contributed by atoms with Crippen LogP contribution >= 0.6 is 15.9 Å². The molecule has 0 aliphatic heterocycles. The predicted octanol–water partition coefficient (Wildman–Crippen LogP) is 5.91. The van der Waals surface area contributed by atoms with Crippen LogP contribution in [-0.4, -0.2) is 0 Å². The van der Waals surface area contributed by atoms with Crippen molar-refractivity contribution in [1.82, 2.24) is 0 Å². The smallest absolute Gasteiger partial charge is 0.0260 e. The predicted molar refractivity (Wildman–Crippen MR) is 86.7 cm³/mol. The summed E-state index contributed by atoms with van der Waals surface area (Å²) in [7, 11) is 0. The number of fused-ring (bicyclic) bond motifs is 5. The lowest BCUT2D eigenvalue weighted by atomic mass is 9.97. The van der Waals surface area contributed by atoms with Crippen LogP contribution in [0.4, 0.5) is 0 Å². The van der Waals surface area contributed by atoms with Crippen LogP contribution in [-0.2, 0) is 0 Å². The lowest BCUT2D eigenvalue weighted by Gasteiger charge is -2.09. The van der Waals surface area contributed by atoms with Crippen molar-refractivity contribution < 1.29 is 0 Å². The molecule has 0 nitrogen and oxygen atoms in total. The number of hydrogen-bond acceptors (Lipinski definition) is 0. The minimum Gasteiger partial charge on any atom is -0.0616 e. The fourth-order valence-electron chi connectivity index (χ4n) is 2.82. The molecule has 0 saturated carbocycles. The number of benzene rings is 4. The van der Waals surface area contributed by atoms with Gasteiger partial charge in [0.1, 0.15) is 0 Å². The maximum absolute atomic E-state index is 3.70. The van der Waals surface area contributed by atoms with Crippen molar-refractivity contribution in [3.63, 3.8) is 0 Å². The topological polar surface area (TPSA) is 0 Å². The van der Waals surface area contributed by atoms with E-state index in [1.807, 2.05) is 0 Å². The largest absolute Gasteiger partial charge is 0.0616 e. The molecule has 90 valence electrons. The molecule has 0 fully saturated rings. The molecule has 0 aliphatic rings. The summed E-state index contributed by atoms with van der Waals surface area (Å²) in [5, 5.41) is 7.80. The first-order chi connectivity index (χ1) is 9.34. The van der Waals surface area contributed by atoms with E-state index in [0.29, 0.717) is 0 Å². The van der Waals surface area contributed by atoms with Crippen molar-refractivity contribution >= 4 is 48.2 Å². The van der Waals surface area contributed by atoms with Gasteiger partial charge in [0, 0.05) is 4.47 Å². The molecule has 0 amide bonds. The summed E-state index contributed by atoms with van der Waals surface area (Å²) in [4.78, 5) is 0. The van der Waals surface area contributed by atoms with Gasteiger partial charge in [0.15, 0.2) is 0 Å². The van der Waals surface area contributed by atoms with Crippen molar-refractivity contribution in [3.05, 3.63) is 71.2 Å². The molecule has 0 radical (unpaired) electrons. The number of rotatable bonds is 0. The van der Waals surface area contributed by atoms with Crippen LogP contribution in [0.5, 0.6) is 0 Å². The third-order valence-electron chi connectivity index (χ3n) is 3.72. The first-order valence-corrected chi connectivity index (χ1v) is 7.12. The van der Waals surface area contributed by atoms with Gasteiger partial charge in [0.2, 0.25) is 0 Å². The zero-order chi connectivity index (χ0) is 12.8. The second kappa shape index (κ2) is 4.07. The second-order valence-corrected chi connectivity index (χ2v) is 5.64. The molecule has 4 aromatic carbocycles. The Morgan fingerprint density at radius 1 is 0.526 bits per heavy atom. The Bertz CT molecular complexity index is 922. The molecule has 0 aromatic heterocycles. The standard InChI is InChI=1S/C18H11Br/c19-18-11-17-13-6-2-1-5-12(13)9-10-15(17)14-7-3-4-8-16(14)18/h1-11H. The third-order valence-corrected chi connectivity index (χ3v) is 4.37. The van der Waals surface area contributed by atoms with Gasteiger partial charge in [-0.3, -0.25) is 0 Å². The summed E-state index contributed by atoms with van der Waals surface area (Å²) in [5.41, 5.74) is 0. The minimum atomic E-state index is 1.16. The Morgan fingerprint density at radius 3 is 2.00 bits per heavy atom. The molecular formula is C18H11Br. The van der Waals surface area contributed by atoms with Crippen LogP contribution in [0.2, 0.25) is 0 Å². The monoisotopic (exact) mass is 306 g/mol. The molecular weight excluding hydrogens is 296 g/mol. The molecule has 0 atom stereocenters. The van der Waals surface area contributed by atoms with Gasteiger partial charge in [-0.2, -0.15) is 0 Å². The van der Waals surface area contributed by atoms with Crippen molar-refractivity contribution in [2.24, 2.45) is 0 Å². The SMILES string of the molecule is Brc1cc2c3ccccc3ccc2c2ccccc12. The number of hydrogen-bond donors (Lipinski definition) is 0. The Kier molecular flexibility index (Phi) is 2.36. The summed E-state index contributed by atoms with van der Waals surface area (Å²) in [6.07, 6.45) is 0. The number of halogens is 1. The normalized spacial score (nSPS) is 11.4. The third kappa shape index (κ3) is 1.58. The molecule has 4 aromatic rings. The summed E-state index contributed by atoms with van der Waals surface area (Å²) >= 11 is 3.70. The van der Waals surface area contributed by atoms with E-state index in [4.69, 9.17) is 0 Å². The van der Waals surface area contributed by atoms with Crippen LogP contribution in [0.25, 0.3) is 32.3 Å². The molecule has 0 bridgehead atoms. The highest BCUT2D eigenvalue weighted by molar-refractivity contribution is 9.10. The molecule has 0 aliphatic carbocycles. The van der Waals surface area contributed by atoms with E-state index in [1.54, 1.807) is 0 Å². The Hall–Kier alpha value is -1.86. The van der Waals surface area contributed by atoms with Crippen molar-refractivity contribution in [3.8, 4) is 0 Å². The van der Waals surface area contributed by atoms with Crippen molar-refractivity contribution in [1.29, 1.82) is 0 Å². The fraction of sp³-hybridized carbons (Fsp3) is 0. The maximum atomic E-state index is 3.70. The molecule has 1 heteroatoms. The quantitative estimate of drug-likeness (QED) is 0.354. The fourth-order valence-corrected chi connectivity index (χ4v) is 3.39. The highest BCUT2D eigenvalue weighted by atomic mass is 79.9. The van der Waals surface area contributed by atoms with E-state index in [9.17, 15) is 0 Å². The van der Waals surface area contributed by atoms with Crippen molar-refractivity contribution in [2.75, 3.05) is 0 Å². The zero-order valence-electron chi connectivity index (χ0n) is 10.2. The second-order valence-electron chi connectivity index (χ2n) is 4.79. The lowest BCUT2D eigenvalue weighted by molar-refractivity contribution is 1.75. The Labute approximate surface area is 119 Å². The van der Waals surface area contributed by atoms with E-state index >= 15 is 0 Å². The highest BCUT2D eigenvalue weighted by Crippen LogP contribution is 2.35. The van der Waals surface area contributed by atoms with E-state index < -0.39 is 0 Å². The van der Waals surface area contributed by atoms with E-state index in [-0.39, 0.29) is 0 Å². The van der Waals surface area contributed by atoms with Gasteiger partial charge in [0.05, 0.1) is 0 Å². The van der Waals surface area contributed by atoms with Crippen LogP contribution in [0.1, 0.15) is 0 Å². The summed E-state index contributed by atoms with van der Waals surface area (Å²) < 4.78 is 1.16. The van der Waals surface area contributed by atoms with E-state index in [1.165, 1.54) is 32.3 Å². The van der Waals surface area contributed by atoms with Gasteiger partial charge < -0.3 is 0 Å². The van der Waals surface area contributed by atoms with Gasteiger partial charge in [-0.15, -0.1) is 0 Å². The van der Waals surface area contributed by atoms with Crippen LogP contribution in [0, 0.1) is 0 Å². The lowest BCUT2D eigenvalue weighted by Crippen LogP contribution is -1.81. The molecule has 19 heavy (non-hydrogen) atoms. The average Bonchev–Trinajstić information content (AvgIpc) is 2.47. The van der Waals surface area contributed by atoms with Gasteiger partial charge in [0.25, 0.3) is 0 Å². The van der Waals surface area contributed by atoms with E-state index in [0.717, 1.165) is 4.47 Å². The van der Waals surface area contributed by atoms with Gasteiger partial charge in [-0.25, -0.2) is 0 Å². The molecule has 4 rings (SSSR count). The maximum Gasteiger partial charge on any atom is 0.0260 e. The molecule has 0 saturated heterocycles. The average molecular weight is 307 g/mol. The van der Waals surface area contributed by atoms with E-state index in [2.05, 4.69) is 82.7 Å².